The first kappa shape index (κ1) is 20.0. The summed E-state index contributed by atoms with van der Waals surface area (Å²) < 4.78 is 0. The Labute approximate surface area is 181 Å². The fourth-order valence-corrected chi connectivity index (χ4v) is 4.67. The van der Waals surface area contributed by atoms with Crippen LogP contribution in [0.25, 0.3) is 0 Å². The highest BCUT2D eigenvalue weighted by Crippen LogP contribution is 2.41. The zero-order valence-corrected chi connectivity index (χ0v) is 17.5. The second-order valence-electron chi connectivity index (χ2n) is 9.11. The smallest absolute Gasteiger partial charge is 0.255 e. The molecule has 2 saturated carbocycles. The van der Waals surface area contributed by atoms with E-state index in [2.05, 4.69) is 10.6 Å². The molecule has 4 aliphatic rings. The van der Waals surface area contributed by atoms with Gasteiger partial charge >= 0.3 is 0 Å². The van der Waals surface area contributed by atoms with Crippen molar-refractivity contribution in [2.75, 3.05) is 19.6 Å². The monoisotopic (exact) mass is 424 g/mol. The van der Waals surface area contributed by atoms with E-state index >= 15 is 0 Å². The second kappa shape index (κ2) is 7.98. The molecule has 5 rings (SSSR count). The van der Waals surface area contributed by atoms with Crippen molar-refractivity contribution in [2.24, 2.45) is 5.92 Å². The van der Waals surface area contributed by atoms with Crippen molar-refractivity contribution >= 4 is 23.6 Å². The third-order valence-corrected chi connectivity index (χ3v) is 6.67. The van der Waals surface area contributed by atoms with Gasteiger partial charge in [-0.1, -0.05) is 18.2 Å². The number of fused-ring (bicyclic) bond motifs is 1. The summed E-state index contributed by atoms with van der Waals surface area (Å²) in [5.41, 5.74) is 1.28. The Kier molecular flexibility index (Phi) is 5.16. The van der Waals surface area contributed by atoms with Gasteiger partial charge in [0.15, 0.2) is 0 Å². The molecule has 2 unspecified atom stereocenters. The fraction of sp³-hybridized carbons (Fsp3) is 0.565. The molecule has 0 aromatic heterocycles. The third kappa shape index (κ3) is 4.03. The summed E-state index contributed by atoms with van der Waals surface area (Å²) in [6.45, 7) is 0.869. The first-order valence-corrected chi connectivity index (χ1v) is 11.3. The number of nitrogens with one attached hydrogen (secondary N) is 2. The van der Waals surface area contributed by atoms with Gasteiger partial charge in [-0.25, -0.2) is 0 Å². The molecule has 2 heterocycles. The normalized spacial score (nSPS) is 25.2. The maximum absolute atomic E-state index is 13.0. The minimum absolute atomic E-state index is 0.0326. The van der Waals surface area contributed by atoms with Crippen molar-refractivity contribution in [3.8, 4) is 0 Å². The van der Waals surface area contributed by atoms with Crippen LogP contribution in [0.15, 0.2) is 24.3 Å². The van der Waals surface area contributed by atoms with Crippen LogP contribution in [0, 0.1) is 5.92 Å². The van der Waals surface area contributed by atoms with E-state index in [1.165, 1.54) is 0 Å². The van der Waals surface area contributed by atoms with Crippen LogP contribution >= 0.6 is 0 Å². The summed E-state index contributed by atoms with van der Waals surface area (Å²) in [7, 11) is 0. The molecular formula is C23H28N4O4. The molecule has 0 bridgehead atoms. The summed E-state index contributed by atoms with van der Waals surface area (Å²) in [6.07, 6.45) is 5.45. The van der Waals surface area contributed by atoms with Crippen molar-refractivity contribution in [3.05, 3.63) is 35.4 Å². The molecule has 2 aliphatic heterocycles. The van der Waals surface area contributed by atoms with Crippen molar-refractivity contribution in [2.45, 2.75) is 56.7 Å². The molecule has 0 spiro atoms. The Morgan fingerprint density at radius 2 is 1.77 bits per heavy atom. The van der Waals surface area contributed by atoms with Crippen molar-refractivity contribution < 1.29 is 19.2 Å². The summed E-state index contributed by atoms with van der Waals surface area (Å²) in [6, 6.07) is 6.93. The maximum Gasteiger partial charge on any atom is 0.255 e. The summed E-state index contributed by atoms with van der Waals surface area (Å²) >= 11 is 0. The van der Waals surface area contributed by atoms with Gasteiger partial charge in [-0.2, -0.15) is 0 Å². The number of carbonyl (C=O) groups excluding carboxylic acids is 4. The highest BCUT2D eigenvalue weighted by Gasteiger charge is 2.47. The SMILES string of the molecule is O=C(NC1CC1)C1CCCN(C(=O)CNC(=O)C2c3ccccc3C(=O)N2C2CC2)C1. The van der Waals surface area contributed by atoms with E-state index in [0.29, 0.717) is 30.3 Å². The van der Waals surface area contributed by atoms with Crippen molar-refractivity contribution in [3.63, 3.8) is 0 Å². The molecule has 1 aromatic carbocycles. The molecule has 8 nitrogen and oxygen atoms in total. The minimum atomic E-state index is -0.678. The zero-order chi connectivity index (χ0) is 21.5. The van der Waals surface area contributed by atoms with Crippen LogP contribution in [0.5, 0.6) is 0 Å². The molecule has 0 radical (unpaired) electrons. The number of carbonyl (C=O) groups is 4. The van der Waals surface area contributed by atoms with Crippen molar-refractivity contribution in [1.82, 2.24) is 20.4 Å². The van der Waals surface area contributed by atoms with Crippen LogP contribution in [0.4, 0.5) is 0 Å². The number of rotatable bonds is 6. The quantitative estimate of drug-likeness (QED) is 0.711. The van der Waals surface area contributed by atoms with Gasteiger partial charge in [-0.3, -0.25) is 19.2 Å². The lowest BCUT2D eigenvalue weighted by Gasteiger charge is -2.32. The third-order valence-electron chi connectivity index (χ3n) is 6.67. The Morgan fingerprint density at radius 1 is 1.00 bits per heavy atom. The Balaban J connectivity index is 1.20. The number of amides is 4. The number of hydrogen-bond acceptors (Lipinski definition) is 4. The van der Waals surface area contributed by atoms with E-state index in [4.69, 9.17) is 0 Å². The van der Waals surface area contributed by atoms with Gasteiger partial charge in [0.1, 0.15) is 6.04 Å². The van der Waals surface area contributed by atoms with Crippen LogP contribution < -0.4 is 10.6 Å². The molecule has 1 saturated heterocycles. The molecule has 3 fully saturated rings. The van der Waals surface area contributed by atoms with Gasteiger partial charge in [-0.15, -0.1) is 0 Å². The standard InChI is InChI=1S/C23H28N4O4/c28-19(26-11-3-4-14(13-26)21(29)25-15-7-8-15)12-24-22(30)20-17-5-1-2-6-18(17)23(31)27(20)16-9-10-16/h1-2,5-6,14-16,20H,3-4,7-13H2,(H,24,30)(H,25,29). The maximum atomic E-state index is 13.0. The molecule has 8 heteroatoms. The van der Waals surface area contributed by atoms with Crippen LogP contribution in [-0.4, -0.2) is 65.1 Å². The summed E-state index contributed by atoms with van der Waals surface area (Å²) in [4.78, 5) is 54.3. The van der Waals surface area contributed by atoms with E-state index in [1.807, 2.05) is 12.1 Å². The molecule has 31 heavy (non-hydrogen) atoms. The zero-order valence-electron chi connectivity index (χ0n) is 17.5. The van der Waals surface area contributed by atoms with Gasteiger partial charge in [0, 0.05) is 30.7 Å². The van der Waals surface area contributed by atoms with Crippen molar-refractivity contribution in [1.29, 1.82) is 0 Å². The van der Waals surface area contributed by atoms with Crippen LogP contribution in [0.3, 0.4) is 0 Å². The predicted octanol–water partition coefficient (Wildman–Crippen LogP) is 0.979. The van der Waals surface area contributed by atoms with E-state index < -0.39 is 6.04 Å². The Hall–Kier alpha value is -2.90. The number of piperidine rings is 1. The molecule has 164 valence electrons. The summed E-state index contributed by atoms with van der Waals surface area (Å²) in [5.74, 6) is -0.763. The average Bonchev–Trinajstić information content (AvgIpc) is 3.72. The van der Waals surface area contributed by atoms with Crippen LogP contribution in [0.1, 0.15) is 60.5 Å². The number of likely N-dealkylation sites (tertiary alicyclic amines) is 1. The highest BCUT2D eigenvalue weighted by atomic mass is 16.2. The Bertz CT molecular complexity index is 924. The highest BCUT2D eigenvalue weighted by molar-refractivity contribution is 6.05. The van der Waals surface area contributed by atoms with Gasteiger partial charge in [0.2, 0.25) is 17.7 Å². The second-order valence-corrected chi connectivity index (χ2v) is 9.11. The van der Waals surface area contributed by atoms with E-state index in [-0.39, 0.29) is 42.1 Å². The molecule has 1 aromatic rings. The number of nitrogens with zero attached hydrogens (tertiary/aromatic N) is 2. The topological polar surface area (TPSA) is 98.8 Å². The van der Waals surface area contributed by atoms with E-state index in [1.54, 1.807) is 21.9 Å². The average molecular weight is 425 g/mol. The van der Waals surface area contributed by atoms with Gasteiger partial charge in [-0.05, 0) is 50.2 Å². The lowest BCUT2D eigenvalue weighted by atomic mass is 9.97. The van der Waals surface area contributed by atoms with E-state index in [9.17, 15) is 19.2 Å². The van der Waals surface area contributed by atoms with Crippen LogP contribution in [-0.2, 0) is 14.4 Å². The lowest BCUT2D eigenvalue weighted by molar-refractivity contribution is -0.137. The molecular weight excluding hydrogens is 396 g/mol. The Morgan fingerprint density at radius 3 is 2.52 bits per heavy atom. The van der Waals surface area contributed by atoms with Crippen LogP contribution in [0.2, 0.25) is 0 Å². The minimum Gasteiger partial charge on any atom is -0.353 e. The molecule has 2 N–H and O–H groups in total. The fourth-order valence-electron chi connectivity index (χ4n) is 4.67. The predicted molar refractivity (Wildman–Crippen MR) is 112 cm³/mol. The molecule has 4 amide bonds. The molecule has 2 aliphatic carbocycles. The summed E-state index contributed by atoms with van der Waals surface area (Å²) in [5, 5.41) is 5.78. The largest absolute Gasteiger partial charge is 0.353 e. The number of hydrogen-bond donors (Lipinski definition) is 2. The first-order chi connectivity index (χ1) is 15.0. The number of benzene rings is 1. The van der Waals surface area contributed by atoms with Gasteiger partial charge < -0.3 is 20.4 Å². The lowest BCUT2D eigenvalue weighted by Crippen LogP contribution is -2.49. The first-order valence-electron chi connectivity index (χ1n) is 11.3. The molecule has 2 atom stereocenters. The van der Waals surface area contributed by atoms with E-state index in [0.717, 1.165) is 38.5 Å². The van der Waals surface area contributed by atoms with Gasteiger partial charge in [0.25, 0.3) is 5.91 Å². The van der Waals surface area contributed by atoms with Gasteiger partial charge in [0.05, 0.1) is 12.5 Å².